The van der Waals surface area contributed by atoms with Crippen LogP contribution in [0.15, 0.2) is 54.7 Å². The van der Waals surface area contributed by atoms with Gasteiger partial charge in [0, 0.05) is 23.6 Å². The highest BCUT2D eigenvalue weighted by atomic mass is 16.2. The van der Waals surface area contributed by atoms with Crippen molar-refractivity contribution in [3.8, 4) is 0 Å². The summed E-state index contributed by atoms with van der Waals surface area (Å²) in [6.45, 7) is 1.86. The standard InChI is InChI=1S/C27H30N6O/c1-17-29-24(13-25(30-17)33-23-4-2-3-9-28-23)31-21-5-7-22(8-6-21)32-26(34)27-14-18-10-19(15-27)12-20(11-18)16-27/h2-9,13,18-20H,10-12,14-16H2,1H3,(H,32,34)(H2,28,29,30,31,33). The number of aryl methyl sites for hydroxylation is 1. The fourth-order valence-electron chi connectivity index (χ4n) is 6.70. The molecule has 1 aromatic carbocycles. The molecule has 4 aliphatic carbocycles. The van der Waals surface area contributed by atoms with Gasteiger partial charge in [-0.1, -0.05) is 6.07 Å². The van der Waals surface area contributed by atoms with Crippen molar-refractivity contribution in [3.05, 3.63) is 60.6 Å². The molecule has 174 valence electrons. The third kappa shape index (κ3) is 4.22. The van der Waals surface area contributed by atoms with Gasteiger partial charge in [0.15, 0.2) is 0 Å². The summed E-state index contributed by atoms with van der Waals surface area (Å²) in [6, 6.07) is 15.4. The van der Waals surface area contributed by atoms with E-state index in [2.05, 4.69) is 30.9 Å². The maximum atomic E-state index is 13.3. The number of anilines is 5. The molecule has 4 bridgehead atoms. The molecule has 4 fully saturated rings. The van der Waals surface area contributed by atoms with E-state index in [4.69, 9.17) is 0 Å². The Labute approximate surface area is 199 Å². The Morgan fingerprint density at radius 3 is 2.06 bits per heavy atom. The average molecular weight is 455 g/mol. The van der Waals surface area contributed by atoms with E-state index >= 15 is 0 Å². The third-order valence-corrected chi connectivity index (χ3v) is 7.69. The molecule has 4 saturated carbocycles. The average Bonchev–Trinajstić information content (AvgIpc) is 2.80. The molecule has 0 unspecified atom stereocenters. The fraction of sp³-hybridized carbons (Fsp3) is 0.407. The highest BCUT2D eigenvalue weighted by molar-refractivity contribution is 5.95. The van der Waals surface area contributed by atoms with E-state index in [1.807, 2.05) is 55.5 Å². The summed E-state index contributed by atoms with van der Waals surface area (Å²) < 4.78 is 0. The van der Waals surface area contributed by atoms with Gasteiger partial charge in [0.05, 0.1) is 5.41 Å². The Kier molecular flexibility index (Phi) is 5.20. The number of amides is 1. The summed E-state index contributed by atoms with van der Waals surface area (Å²) in [5.74, 6) is 5.26. The molecule has 2 heterocycles. The first-order chi connectivity index (χ1) is 16.5. The van der Waals surface area contributed by atoms with Gasteiger partial charge >= 0.3 is 0 Å². The van der Waals surface area contributed by atoms with E-state index in [1.165, 1.54) is 19.3 Å². The lowest BCUT2D eigenvalue weighted by atomic mass is 9.49. The van der Waals surface area contributed by atoms with Crippen LogP contribution in [0.2, 0.25) is 0 Å². The number of aromatic nitrogens is 3. The quantitative estimate of drug-likeness (QED) is 0.435. The predicted octanol–water partition coefficient (Wildman–Crippen LogP) is 5.82. The predicted molar refractivity (Wildman–Crippen MR) is 133 cm³/mol. The Hall–Kier alpha value is -3.48. The number of nitrogens with one attached hydrogen (secondary N) is 3. The molecule has 0 radical (unpaired) electrons. The Morgan fingerprint density at radius 1 is 0.824 bits per heavy atom. The molecule has 3 aromatic rings. The largest absolute Gasteiger partial charge is 0.340 e. The molecule has 0 spiro atoms. The zero-order valence-electron chi connectivity index (χ0n) is 19.4. The molecule has 7 nitrogen and oxygen atoms in total. The van der Waals surface area contributed by atoms with E-state index in [-0.39, 0.29) is 11.3 Å². The minimum atomic E-state index is -0.138. The van der Waals surface area contributed by atoms with Crippen LogP contribution in [0.25, 0.3) is 0 Å². The zero-order valence-corrected chi connectivity index (χ0v) is 19.4. The highest BCUT2D eigenvalue weighted by Crippen LogP contribution is 2.60. The van der Waals surface area contributed by atoms with Gasteiger partial charge in [0.1, 0.15) is 23.3 Å². The molecule has 34 heavy (non-hydrogen) atoms. The van der Waals surface area contributed by atoms with Crippen LogP contribution < -0.4 is 16.0 Å². The second kappa shape index (κ2) is 8.38. The fourth-order valence-corrected chi connectivity index (χ4v) is 6.70. The van der Waals surface area contributed by atoms with Gasteiger partial charge in [0.25, 0.3) is 0 Å². The second-order valence-electron chi connectivity index (χ2n) is 10.4. The normalized spacial score (nSPS) is 26.8. The molecule has 0 saturated heterocycles. The van der Waals surface area contributed by atoms with Crippen LogP contribution in [0.5, 0.6) is 0 Å². The van der Waals surface area contributed by atoms with Gasteiger partial charge in [-0.05, 0) is 99.6 Å². The zero-order chi connectivity index (χ0) is 23.1. The van der Waals surface area contributed by atoms with E-state index in [9.17, 15) is 4.79 Å². The molecule has 7 heteroatoms. The van der Waals surface area contributed by atoms with Gasteiger partial charge in [-0.25, -0.2) is 15.0 Å². The molecule has 4 aliphatic rings. The number of rotatable bonds is 6. The molecular weight excluding hydrogens is 424 g/mol. The number of carbonyl (C=O) groups excluding carboxylic acids is 1. The summed E-state index contributed by atoms with van der Waals surface area (Å²) >= 11 is 0. The van der Waals surface area contributed by atoms with E-state index < -0.39 is 0 Å². The van der Waals surface area contributed by atoms with Crippen molar-refractivity contribution in [3.63, 3.8) is 0 Å². The lowest BCUT2D eigenvalue weighted by molar-refractivity contribution is -0.140. The van der Waals surface area contributed by atoms with E-state index in [0.29, 0.717) is 17.5 Å². The minimum absolute atomic E-state index is 0.138. The summed E-state index contributed by atoms with van der Waals surface area (Å²) in [4.78, 5) is 26.5. The molecular formula is C27H30N6O. The summed E-state index contributed by atoms with van der Waals surface area (Å²) in [7, 11) is 0. The summed E-state index contributed by atoms with van der Waals surface area (Å²) in [5.41, 5.74) is 1.61. The second-order valence-corrected chi connectivity index (χ2v) is 10.4. The minimum Gasteiger partial charge on any atom is -0.340 e. The van der Waals surface area contributed by atoms with Crippen molar-refractivity contribution in [1.29, 1.82) is 0 Å². The lowest BCUT2D eigenvalue weighted by Gasteiger charge is -2.55. The van der Waals surface area contributed by atoms with E-state index in [1.54, 1.807) is 6.20 Å². The van der Waals surface area contributed by atoms with Crippen molar-refractivity contribution in [2.45, 2.75) is 45.4 Å². The molecule has 0 aliphatic heterocycles. The monoisotopic (exact) mass is 454 g/mol. The lowest BCUT2D eigenvalue weighted by Crippen LogP contribution is -2.51. The SMILES string of the molecule is Cc1nc(Nc2ccc(NC(=O)C34CC5CC(CC(C5)C3)C4)cc2)cc(Nc2ccccn2)n1. The van der Waals surface area contributed by atoms with Crippen LogP contribution in [0, 0.1) is 30.1 Å². The van der Waals surface area contributed by atoms with Crippen LogP contribution in [0.3, 0.4) is 0 Å². The maximum absolute atomic E-state index is 13.3. The van der Waals surface area contributed by atoms with Crippen molar-refractivity contribution in [2.24, 2.45) is 23.2 Å². The molecule has 0 atom stereocenters. The number of nitrogens with zero attached hydrogens (tertiary/aromatic N) is 3. The third-order valence-electron chi connectivity index (χ3n) is 7.69. The molecule has 2 aromatic heterocycles. The maximum Gasteiger partial charge on any atom is 0.230 e. The number of hydrogen-bond acceptors (Lipinski definition) is 6. The summed E-state index contributed by atoms with van der Waals surface area (Å²) in [5, 5.41) is 9.77. The first-order valence-corrected chi connectivity index (χ1v) is 12.3. The van der Waals surface area contributed by atoms with Gasteiger partial charge in [-0.3, -0.25) is 4.79 Å². The molecule has 3 N–H and O–H groups in total. The molecule has 7 rings (SSSR count). The number of benzene rings is 1. The van der Waals surface area contributed by atoms with Gasteiger partial charge < -0.3 is 16.0 Å². The van der Waals surface area contributed by atoms with Crippen LogP contribution >= 0.6 is 0 Å². The van der Waals surface area contributed by atoms with Crippen molar-refractivity contribution in [2.75, 3.05) is 16.0 Å². The van der Waals surface area contributed by atoms with Gasteiger partial charge in [-0.2, -0.15) is 0 Å². The first kappa shape index (κ1) is 21.1. The smallest absolute Gasteiger partial charge is 0.230 e. The Balaban J connectivity index is 1.12. The Morgan fingerprint density at radius 2 is 1.44 bits per heavy atom. The first-order valence-electron chi connectivity index (χ1n) is 12.3. The number of pyridine rings is 1. The van der Waals surface area contributed by atoms with E-state index in [0.717, 1.165) is 54.2 Å². The topological polar surface area (TPSA) is 91.8 Å². The van der Waals surface area contributed by atoms with Crippen LogP contribution in [-0.2, 0) is 4.79 Å². The van der Waals surface area contributed by atoms with Crippen LogP contribution in [0.4, 0.5) is 28.8 Å². The van der Waals surface area contributed by atoms with Gasteiger partial charge in [-0.15, -0.1) is 0 Å². The number of hydrogen-bond donors (Lipinski definition) is 3. The summed E-state index contributed by atoms with van der Waals surface area (Å²) in [6.07, 6.45) is 8.99. The van der Waals surface area contributed by atoms with Crippen molar-refractivity contribution >= 4 is 34.7 Å². The highest BCUT2D eigenvalue weighted by Gasteiger charge is 2.54. The van der Waals surface area contributed by atoms with Crippen molar-refractivity contribution < 1.29 is 4.79 Å². The van der Waals surface area contributed by atoms with Gasteiger partial charge in [0.2, 0.25) is 5.91 Å². The Bertz CT molecular complexity index is 1160. The van der Waals surface area contributed by atoms with Crippen LogP contribution in [0.1, 0.15) is 44.3 Å². The molecule has 1 amide bonds. The van der Waals surface area contributed by atoms with Crippen molar-refractivity contribution in [1.82, 2.24) is 15.0 Å². The van der Waals surface area contributed by atoms with Crippen LogP contribution in [-0.4, -0.2) is 20.9 Å². The number of carbonyl (C=O) groups is 1.